The normalized spacial score (nSPS) is 11.8. The first-order valence-electron chi connectivity index (χ1n) is 10.3. The van der Waals surface area contributed by atoms with E-state index in [1.807, 2.05) is 17.9 Å². The van der Waals surface area contributed by atoms with Crippen molar-refractivity contribution in [1.82, 2.24) is 15.3 Å². The van der Waals surface area contributed by atoms with Crippen LogP contribution >= 0.6 is 11.3 Å². The highest BCUT2D eigenvalue weighted by Gasteiger charge is 2.23. The molecule has 4 N–H and O–H groups in total. The van der Waals surface area contributed by atoms with Gasteiger partial charge in [-0.3, -0.25) is 14.4 Å². The molecule has 11 heteroatoms. The number of nitrogens with one attached hydrogen (secondary N) is 2. The fraction of sp³-hybridized carbons (Fsp3) is 0.318. The molecule has 1 atom stereocenters. The molecule has 0 bridgehead atoms. The lowest BCUT2D eigenvalue weighted by Crippen LogP contribution is -2.40. The van der Waals surface area contributed by atoms with Crippen LogP contribution in [-0.4, -0.2) is 50.6 Å². The van der Waals surface area contributed by atoms with Crippen molar-refractivity contribution >= 4 is 45.1 Å². The number of carbonyl (C=O) groups is 3. The first-order chi connectivity index (χ1) is 15.7. The number of anilines is 1. The van der Waals surface area contributed by atoms with Crippen molar-refractivity contribution < 1.29 is 24.6 Å². The van der Waals surface area contributed by atoms with E-state index in [4.69, 9.17) is 5.11 Å². The summed E-state index contributed by atoms with van der Waals surface area (Å²) < 4.78 is 0. The Hall–Kier alpha value is -3.73. The lowest BCUT2D eigenvalue weighted by atomic mass is 10.1. The number of aliphatic carboxylic acids is 2. The molecule has 33 heavy (non-hydrogen) atoms. The number of benzene rings is 1. The van der Waals surface area contributed by atoms with Crippen molar-refractivity contribution in [2.24, 2.45) is 0 Å². The van der Waals surface area contributed by atoms with Crippen LogP contribution in [0.1, 0.15) is 40.8 Å². The number of aromatic nitrogens is 2. The average Bonchev–Trinajstić information content (AvgIpc) is 3.25. The van der Waals surface area contributed by atoms with Gasteiger partial charge in [-0.2, -0.15) is 0 Å². The Labute approximate surface area is 192 Å². The number of rotatable bonds is 10. The Morgan fingerprint density at radius 2 is 1.97 bits per heavy atom. The third-order valence-electron chi connectivity index (χ3n) is 5.02. The summed E-state index contributed by atoms with van der Waals surface area (Å²) in [6, 6.07) is 7.59. The molecule has 0 aliphatic carbocycles. The number of amides is 1. The summed E-state index contributed by atoms with van der Waals surface area (Å²) in [5.74, 6) is -2.44. The van der Waals surface area contributed by atoms with Crippen molar-refractivity contribution in [2.75, 3.05) is 11.4 Å². The molecule has 1 aromatic carbocycles. The molecular formula is C22H24N4O6S. The van der Waals surface area contributed by atoms with Gasteiger partial charge in [-0.05, 0) is 50.1 Å². The van der Waals surface area contributed by atoms with Gasteiger partial charge in [-0.1, -0.05) is 6.07 Å². The van der Waals surface area contributed by atoms with Crippen molar-refractivity contribution in [3.63, 3.8) is 0 Å². The molecule has 0 aliphatic rings. The lowest BCUT2D eigenvalue weighted by Gasteiger charge is -2.21. The summed E-state index contributed by atoms with van der Waals surface area (Å²) in [5, 5.41) is 21.7. The van der Waals surface area contributed by atoms with Gasteiger partial charge in [0.05, 0.1) is 20.8 Å². The second kappa shape index (κ2) is 10.3. The van der Waals surface area contributed by atoms with E-state index in [1.54, 1.807) is 31.2 Å². The van der Waals surface area contributed by atoms with E-state index in [1.165, 1.54) is 11.3 Å². The van der Waals surface area contributed by atoms with Crippen molar-refractivity contribution in [2.45, 2.75) is 39.3 Å². The molecule has 1 amide bonds. The second-order valence-electron chi connectivity index (χ2n) is 7.45. The van der Waals surface area contributed by atoms with E-state index in [0.29, 0.717) is 34.7 Å². The lowest BCUT2D eigenvalue weighted by molar-refractivity contribution is -0.140. The fourth-order valence-corrected chi connectivity index (χ4v) is 4.31. The molecule has 2 heterocycles. The van der Waals surface area contributed by atoms with Gasteiger partial charge in [0.1, 0.15) is 11.9 Å². The minimum absolute atomic E-state index is 0.201. The molecule has 0 fully saturated rings. The maximum atomic E-state index is 12.5. The summed E-state index contributed by atoms with van der Waals surface area (Å²) in [5.41, 5.74) is 1.32. The second-order valence-corrected chi connectivity index (χ2v) is 8.51. The number of nitrogens with zero attached hydrogens (tertiary/aromatic N) is 2. The van der Waals surface area contributed by atoms with Crippen LogP contribution in [0.15, 0.2) is 35.1 Å². The zero-order chi connectivity index (χ0) is 24.1. The number of hydrogen-bond acceptors (Lipinski definition) is 7. The highest BCUT2D eigenvalue weighted by atomic mass is 32.1. The molecule has 3 rings (SSSR count). The zero-order valence-corrected chi connectivity index (χ0v) is 18.9. The Kier molecular flexibility index (Phi) is 7.44. The van der Waals surface area contributed by atoms with Gasteiger partial charge >= 0.3 is 11.9 Å². The number of carbonyl (C=O) groups excluding carboxylic acids is 1. The van der Waals surface area contributed by atoms with Gasteiger partial charge in [-0.15, -0.1) is 11.3 Å². The predicted molar refractivity (Wildman–Crippen MR) is 124 cm³/mol. The number of thiophene rings is 1. The summed E-state index contributed by atoms with van der Waals surface area (Å²) in [6.07, 6.45) is -0.564. The van der Waals surface area contributed by atoms with Gasteiger partial charge in [0.15, 0.2) is 0 Å². The smallest absolute Gasteiger partial charge is 0.326 e. The van der Waals surface area contributed by atoms with Crippen molar-refractivity contribution in [3.05, 3.63) is 57.0 Å². The van der Waals surface area contributed by atoms with Gasteiger partial charge in [0, 0.05) is 19.5 Å². The molecule has 0 radical (unpaired) electrons. The molecule has 2 aromatic heterocycles. The number of H-pyrrole nitrogens is 1. The van der Waals surface area contributed by atoms with Crippen LogP contribution < -0.4 is 15.8 Å². The molecule has 10 nitrogen and oxygen atoms in total. The summed E-state index contributed by atoms with van der Waals surface area (Å²) in [4.78, 5) is 56.2. The van der Waals surface area contributed by atoms with Crippen LogP contribution in [-0.2, 0) is 16.1 Å². The molecular weight excluding hydrogens is 448 g/mol. The molecule has 0 saturated carbocycles. The Balaban J connectivity index is 1.74. The van der Waals surface area contributed by atoms with Crippen molar-refractivity contribution in [1.29, 1.82) is 0 Å². The van der Waals surface area contributed by atoms with Crippen LogP contribution in [0.4, 0.5) is 5.00 Å². The van der Waals surface area contributed by atoms with Gasteiger partial charge in [0.2, 0.25) is 0 Å². The Morgan fingerprint density at radius 3 is 2.64 bits per heavy atom. The van der Waals surface area contributed by atoms with Gasteiger partial charge in [0.25, 0.3) is 11.5 Å². The minimum Gasteiger partial charge on any atom is -0.481 e. The highest BCUT2D eigenvalue weighted by Crippen LogP contribution is 2.28. The van der Waals surface area contributed by atoms with E-state index in [2.05, 4.69) is 15.3 Å². The SMILES string of the molecule is CCN(Cc1ccc2nc(C)[nH]c(=O)c2c1)c1ccc(C(=O)N[C@@H](CCC(=O)O)C(=O)O)s1. The average molecular weight is 473 g/mol. The third kappa shape index (κ3) is 5.95. The minimum atomic E-state index is -1.28. The Morgan fingerprint density at radius 1 is 1.21 bits per heavy atom. The predicted octanol–water partition coefficient (Wildman–Crippen LogP) is 2.37. The summed E-state index contributed by atoms with van der Waals surface area (Å²) in [6.45, 7) is 4.82. The first-order valence-corrected chi connectivity index (χ1v) is 11.1. The number of aryl methyl sites for hydroxylation is 1. The van der Waals surface area contributed by atoms with Gasteiger partial charge < -0.3 is 25.4 Å². The third-order valence-corrected chi connectivity index (χ3v) is 6.17. The number of hydrogen-bond donors (Lipinski definition) is 4. The molecule has 0 unspecified atom stereocenters. The molecule has 0 aliphatic heterocycles. The van der Waals surface area contributed by atoms with E-state index in [9.17, 15) is 24.3 Å². The first kappa shape index (κ1) is 23.9. The summed E-state index contributed by atoms with van der Waals surface area (Å²) >= 11 is 1.20. The molecule has 3 aromatic rings. The quantitative estimate of drug-likeness (QED) is 0.351. The molecule has 0 spiro atoms. The van der Waals surface area contributed by atoms with E-state index in [0.717, 1.165) is 10.6 Å². The number of fused-ring (bicyclic) bond motifs is 1. The standard InChI is InChI=1S/C22H24N4O6S/c1-3-26(11-13-4-5-15-14(10-13)20(29)24-12(2)23-15)18-8-7-17(33-18)21(30)25-16(22(31)32)6-9-19(27)28/h4-5,7-8,10,16H,3,6,9,11H2,1-2H3,(H,25,30)(H,27,28)(H,31,32)(H,23,24,29)/t16-/m0/s1. The fourth-order valence-electron chi connectivity index (χ4n) is 3.34. The van der Waals surface area contributed by atoms with Crippen molar-refractivity contribution in [3.8, 4) is 0 Å². The van der Waals surface area contributed by atoms with Crippen LogP contribution in [0.5, 0.6) is 0 Å². The van der Waals surface area contributed by atoms with Crippen LogP contribution in [0, 0.1) is 6.92 Å². The van der Waals surface area contributed by atoms with Crippen LogP contribution in [0.3, 0.4) is 0 Å². The number of carboxylic acids is 2. The maximum Gasteiger partial charge on any atom is 0.326 e. The monoisotopic (exact) mass is 472 g/mol. The zero-order valence-electron chi connectivity index (χ0n) is 18.1. The van der Waals surface area contributed by atoms with Crippen LogP contribution in [0.25, 0.3) is 10.9 Å². The van der Waals surface area contributed by atoms with E-state index in [-0.39, 0.29) is 18.4 Å². The van der Waals surface area contributed by atoms with Gasteiger partial charge in [-0.25, -0.2) is 9.78 Å². The topological polar surface area (TPSA) is 153 Å². The van der Waals surface area contributed by atoms with E-state index < -0.39 is 23.9 Å². The number of carboxylic acid groups (broad SMARTS) is 2. The Bertz CT molecular complexity index is 1250. The molecule has 0 saturated heterocycles. The van der Waals surface area contributed by atoms with E-state index >= 15 is 0 Å². The summed E-state index contributed by atoms with van der Waals surface area (Å²) in [7, 11) is 0. The van der Waals surface area contributed by atoms with Crippen LogP contribution in [0.2, 0.25) is 0 Å². The maximum absolute atomic E-state index is 12.5. The number of aromatic amines is 1. The largest absolute Gasteiger partial charge is 0.481 e. The molecule has 174 valence electrons. The highest BCUT2D eigenvalue weighted by molar-refractivity contribution is 7.18.